The summed E-state index contributed by atoms with van der Waals surface area (Å²) in [5.74, 6) is 1.37. The van der Waals surface area contributed by atoms with Crippen LogP contribution in [-0.4, -0.2) is 26.2 Å². The molecule has 0 aliphatic heterocycles. The van der Waals surface area contributed by atoms with Crippen LogP contribution in [0.4, 0.5) is 11.4 Å². The third kappa shape index (κ3) is 6.57. The summed E-state index contributed by atoms with van der Waals surface area (Å²) in [6, 6.07) is 25.3. The van der Waals surface area contributed by atoms with E-state index in [1.54, 1.807) is 7.11 Å². The molecule has 0 saturated carbocycles. The van der Waals surface area contributed by atoms with Gasteiger partial charge < -0.3 is 20.1 Å². The number of carbonyl (C=O) groups is 1. The number of para-hydroxylation sites is 2. The van der Waals surface area contributed by atoms with E-state index in [2.05, 4.69) is 34.9 Å². The summed E-state index contributed by atoms with van der Waals surface area (Å²) in [7, 11) is 1.60. The minimum atomic E-state index is -0.132. The van der Waals surface area contributed by atoms with Crippen LogP contribution in [-0.2, 0) is 11.2 Å². The fourth-order valence-corrected chi connectivity index (χ4v) is 2.92. The molecule has 0 bridgehead atoms. The molecule has 0 fully saturated rings. The number of benzene rings is 3. The third-order valence-corrected chi connectivity index (χ3v) is 4.41. The highest BCUT2D eigenvalue weighted by molar-refractivity contribution is 5.94. The number of hydrogen-bond donors (Lipinski definition) is 2. The maximum atomic E-state index is 12.2. The van der Waals surface area contributed by atoms with Crippen LogP contribution in [0, 0.1) is 0 Å². The molecule has 5 nitrogen and oxygen atoms in total. The van der Waals surface area contributed by atoms with Crippen molar-refractivity contribution in [1.29, 1.82) is 0 Å². The largest absolute Gasteiger partial charge is 0.495 e. The number of methoxy groups -OCH3 is 1. The van der Waals surface area contributed by atoms with E-state index in [0.717, 1.165) is 30.0 Å². The number of rotatable bonds is 10. The molecule has 29 heavy (non-hydrogen) atoms. The molecule has 3 aromatic rings. The monoisotopic (exact) mass is 390 g/mol. The fraction of sp³-hybridized carbons (Fsp3) is 0.208. The Balaban J connectivity index is 1.39. The molecule has 0 unspecified atom stereocenters. The number of ether oxygens (including phenoxy) is 2. The predicted octanol–water partition coefficient (Wildman–Crippen LogP) is 4.76. The van der Waals surface area contributed by atoms with Gasteiger partial charge in [0.1, 0.15) is 11.5 Å². The highest BCUT2D eigenvalue weighted by atomic mass is 16.5. The van der Waals surface area contributed by atoms with E-state index in [1.807, 2.05) is 54.6 Å². The Morgan fingerprint density at radius 3 is 2.38 bits per heavy atom. The molecule has 150 valence electrons. The van der Waals surface area contributed by atoms with E-state index in [9.17, 15) is 4.79 Å². The molecule has 0 heterocycles. The first-order valence-corrected chi connectivity index (χ1v) is 9.68. The lowest BCUT2D eigenvalue weighted by Crippen LogP contribution is -2.21. The smallest absolute Gasteiger partial charge is 0.243 e. The van der Waals surface area contributed by atoms with Crippen LogP contribution >= 0.6 is 0 Å². The van der Waals surface area contributed by atoms with Crippen LogP contribution in [0.5, 0.6) is 11.5 Å². The third-order valence-electron chi connectivity index (χ3n) is 4.41. The molecule has 2 N–H and O–H groups in total. The average Bonchev–Trinajstić information content (AvgIpc) is 2.77. The van der Waals surface area contributed by atoms with Crippen molar-refractivity contribution in [2.75, 3.05) is 30.9 Å². The number of anilines is 2. The van der Waals surface area contributed by atoms with Gasteiger partial charge in [0.15, 0.2) is 0 Å². The normalized spacial score (nSPS) is 10.2. The zero-order valence-electron chi connectivity index (χ0n) is 16.6. The maximum Gasteiger partial charge on any atom is 0.243 e. The van der Waals surface area contributed by atoms with Gasteiger partial charge in [0.2, 0.25) is 5.91 Å². The fourth-order valence-electron chi connectivity index (χ4n) is 2.92. The van der Waals surface area contributed by atoms with E-state index < -0.39 is 0 Å². The zero-order valence-corrected chi connectivity index (χ0v) is 16.6. The lowest BCUT2D eigenvalue weighted by molar-refractivity contribution is -0.114. The Morgan fingerprint density at radius 1 is 0.897 bits per heavy atom. The maximum absolute atomic E-state index is 12.2. The second-order valence-corrected chi connectivity index (χ2v) is 6.56. The lowest BCUT2D eigenvalue weighted by Gasteiger charge is -2.11. The first-order chi connectivity index (χ1) is 14.2. The molecule has 5 heteroatoms. The Hall–Kier alpha value is -3.47. The number of hydrogen-bond acceptors (Lipinski definition) is 4. The molecule has 1 amide bonds. The van der Waals surface area contributed by atoms with Gasteiger partial charge in [-0.15, -0.1) is 0 Å². The van der Waals surface area contributed by atoms with Crippen LogP contribution in [0.25, 0.3) is 0 Å². The highest BCUT2D eigenvalue weighted by Crippen LogP contribution is 2.22. The summed E-state index contributed by atoms with van der Waals surface area (Å²) in [5, 5.41) is 5.95. The van der Waals surface area contributed by atoms with Crippen LogP contribution in [0.2, 0.25) is 0 Å². The van der Waals surface area contributed by atoms with Crippen LogP contribution in [0.1, 0.15) is 12.0 Å². The topological polar surface area (TPSA) is 59.6 Å². The van der Waals surface area contributed by atoms with Crippen LogP contribution in [0.3, 0.4) is 0 Å². The van der Waals surface area contributed by atoms with Crippen molar-refractivity contribution < 1.29 is 14.3 Å². The van der Waals surface area contributed by atoms with Gasteiger partial charge >= 0.3 is 0 Å². The Kier molecular flexibility index (Phi) is 7.52. The van der Waals surface area contributed by atoms with Crippen molar-refractivity contribution in [3.63, 3.8) is 0 Å². The zero-order chi connectivity index (χ0) is 20.3. The van der Waals surface area contributed by atoms with E-state index in [0.29, 0.717) is 12.4 Å². The second kappa shape index (κ2) is 10.8. The molecule has 0 radical (unpaired) electrons. The second-order valence-electron chi connectivity index (χ2n) is 6.56. The molecule has 0 aliphatic rings. The molecule has 3 rings (SSSR count). The van der Waals surface area contributed by atoms with E-state index in [1.165, 1.54) is 5.56 Å². The van der Waals surface area contributed by atoms with E-state index >= 15 is 0 Å². The summed E-state index contributed by atoms with van der Waals surface area (Å²) >= 11 is 0. The molecule has 0 aromatic heterocycles. The summed E-state index contributed by atoms with van der Waals surface area (Å²) in [6.07, 6.45) is 1.95. The standard InChI is InChI=1S/C24H26N2O3/c1-28-23-12-6-5-11-22(23)25-18-24(27)26-20-13-15-21(16-14-20)29-17-7-10-19-8-3-2-4-9-19/h2-6,8-9,11-16,25H,7,10,17-18H2,1H3,(H,26,27). The van der Waals surface area contributed by atoms with Gasteiger partial charge in [-0.2, -0.15) is 0 Å². The number of amides is 1. The number of aryl methyl sites for hydroxylation is 1. The Labute approximate surface area is 171 Å². The van der Waals surface area contributed by atoms with Gasteiger partial charge in [0.05, 0.1) is 25.9 Å². The molecule has 3 aromatic carbocycles. The van der Waals surface area contributed by atoms with Crippen LogP contribution < -0.4 is 20.1 Å². The SMILES string of the molecule is COc1ccccc1NCC(=O)Nc1ccc(OCCCc2ccccc2)cc1. The molecule has 0 atom stereocenters. The van der Waals surface area contributed by atoms with Gasteiger partial charge in [-0.05, 0) is 54.8 Å². The van der Waals surface area contributed by atoms with Gasteiger partial charge in [0.25, 0.3) is 0 Å². The van der Waals surface area contributed by atoms with E-state index in [-0.39, 0.29) is 12.5 Å². The average molecular weight is 390 g/mol. The lowest BCUT2D eigenvalue weighted by atomic mass is 10.1. The molecule has 0 aliphatic carbocycles. The van der Waals surface area contributed by atoms with Gasteiger partial charge in [-0.3, -0.25) is 4.79 Å². The number of carbonyl (C=O) groups excluding carboxylic acids is 1. The van der Waals surface area contributed by atoms with E-state index in [4.69, 9.17) is 9.47 Å². The van der Waals surface area contributed by atoms with Crippen molar-refractivity contribution in [3.8, 4) is 11.5 Å². The molecule has 0 spiro atoms. The van der Waals surface area contributed by atoms with Gasteiger partial charge in [-0.25, -0.2) is 0 Å². The van der Waals surface area contributed by atoms with Crippen LogP contribution in [0.15, 0.2) is 78.9 Å². The minimum absolute atomic E-state index is 0.132. The summed E-state index contributed by atoms with van der Waals surface area (Å²) < 4.78 is 11.0. The van der Waals surface area contributed by atoms with Crippen molar-refractivity contribution in [3.05, 3.63) is 84.4 Å². The van der Waals surface area contributed by atoms with Crippen molar-refractivity contribution >= 4 is 17.3 Å². The summed E-state index contributed by atoms with van der Waals surface area (Å²) in [5.41, 5.74) is 2.83. The first-order valence-electron chi connectivity index (χ1n) is 9.68. The summed E-state index contributed by atoms with van der Waals surface area (Å²) in [4.78, 5) is 12.2. The highest BCUT2D eigenvalue weighted by Gasteiger charge is 2.06. The van der Waals surface area contributed by atoms with Gasteiger partial charge in [0, 0.05) is 5.69 Å². The number of nitrogens with one attached hydrogen (secondary N) is 2. The van der Waals surface area contributed by atoms with Gasteiger partial charge in [-0.1, -0.05) is 42.5 Å². The first kappa shape index (κ1) is 20.3. The quantitative estimate of drug-likeness (QED) is 0.490. The predicted molar refractivity (Wildman–Crippen MR) is 117 cm³/mol. The molecular weight excluding hydrogens is 364 g/mol. The Bertz CT molecular complexity index is 896. The molecule has 0 saturated heterocycles. The minimum Gasteiger partial charge on any atom is -0.495 e. The molecular formula is C24H26N2O3. The van der Waals surface area contributed by atoms with Crippen molar-refractivity contribution in [2.45, 2.75) is 12.8 Å². The van der Waals surface area contributed by atoms with Crippen molar-refractivity contribution in [1.82, 2.24) is 0 Å². The Morgan fingerprint density at radius 2 is 1.62 bits per heavy atom. The summed E-state index contributed by atoms with van der Waals surface area (Å²) in [6.45, 7) is 0.807. The van der Waals surface area contributed by atoms with Crippen molar-refractivity contribution in [2.24, 2.45) is 0 Å².